The lowest BCUT2D eigenvalue weighted by molar-refractivity contribution is -0.139. The predicted molar refractivity (Wildman–Crippen MR) is 48.6 cm³/mol. The standard InChI is InChI=1S/C8H13F5N2O2/c9-6(10)3-15(1-2-16)4-7(17)14-5-8(11,12)13/h6,16H,1-5H2,(H,14,17). The Morgan fingerprint density at radius 3 is 2.35 bits per heavy atom. The molecule has 0 saturated carbocycles. The number of alkyl halides is 5. The van der Waals surface area contributed by atoms with Crippen molar-refractivity contribution in [2.24, 2.45) is 0 Å². The quantitative estimate of drug-likeness (QED) is 0.647. The summed E-state index contributed by atoms with van der Waals surface area (Å²) in [6, 6.07) is 0. The molecule has 0 aromatic heterocycles. The van der Waals surface area contributed by atoms with Crippen molar-refractivity contribution in [3.8, 4) is 0 Å². The fourth-order valence-electron chi connectivity index (χ4n) is 1.03. The normalized spacial score (nSPS) is 12.2. The van der Waals surface area contributed by atoms with Crippen molar-refractivity contribution in [3.63, 3.8) is 0 Å². The Kier molecular flexibility index (Phi) is 6.97. The fraction of sp³-hybridized carbons (Fsp3) is 0.875. The third kappa shape index (κ3) is 9.94. The van der Waals surface area contributed by atoms with Crippen molar-refractivity contribution in [3.05, 3.63) is 0 Å². The highest BCUT2D eigenvalue weighted by Gasteiger charge is 2.28. The van der Waals surface area contributed by atoms with Crippen molar-refractivity contribution in [2.75, 3.05) is 32.8 Å². The maximum Gasteiger partial charge on any atom is 0.405 e. The molecular formula is C8H13F5N2O2. The van der Waals surface area contributed by atoms with Crippen LogP contribution in [0, 0.1) is 0 Å². The van der Waals surface area contributed by atoms with E-state index in [-0.39, 0.29) is 6.54 Å². The number of hydrogen-bond acceptors (Lipinski definition) is 3. The molecule has 0 fully saturated rings. The highest BCUT2D eigenvalue weighted by atomic mass is 19.4. The first-order valence-electron chi connectivity index (χ1n) is 4.69. The van der Waals surface area contributed by atoms with Crippen LogP contribution in [0.2, 0.25) is 0 Å². The number of rotatable bonds is 7. The van der Waals surface area contributed by atoms with E-state index in [4.69, 9.17) is 5.11 Å². The minimum absolute atomic E-state index is 0.205. The largest absolute Gasteiger partial charge is 0.405 e. The van der Waals surface area contributed by atoms with Gasteiger partial charge in [0.05, 0.1) is 19.7 Å². The Morgan fingerprint density at radius 1 is 1.35 bits per heavy atom. The van der Waals surface area contributed by atoms with Gasteiger partial charge in [0.2, 0.25) is 5.91 Å². The average Bonchev–Trinajstić information content (AvgIpc) is 2.13. The molecule has 0 spiro atoms. The number of aliphatic hydroxyl groups is 1. The molecule has 0 saturated heterocycles. The number of amides is 1. The van der Waals surface area contributed by atoms with Crippen molar-refractivity contribution in [1.82, 2.24) is 10.2 Å². The Hall–Kier alpha value is -0.960. The summed E-state index contributed by atoms with van der Waals surface area (Å²) in [7, 11) is 0. The molecule has 0 bridgehead atoms. The lowest BCUT2D eigenvalue weighted by Gasteiger charge is -2.20. The molecule has 0 aliphatic rings. The number of carbonyl (C=O) groups excluding carboxylic acids is 1. The molecule has 0 rings (SSSR count). The van der Waals surface area contributed by atoms with Gasteiger partial charge in [0.25, 0.3) is 6.43 Å². The Bertz CT molecular complexity index is 234. The molecule has 0 aliphatic carbocycles. The second-order valence-electron chi connectivity index (χ2n) is 3.24. The van der Waals surface area contributed by atoms with Gasteiger partial charge in [0.15, 0.2) is 0 Å². The minimum Gasteiger partial charge on any atom is -0.395 e. The van der Waals surface area contributed by atoms with Crippen LogP contribution in [0.1, 0.15) is 0 Å². The molecule has 2 N–H and O–H groups in total. The average molecular weight is 264 g/mol. The van der Waals surface area contributed by atoms with Crippen molar-refractivity contribution in [1.29, 1.82) is 0 Å². The van der Waals surface area contributed by atoms with Crippen LogP contribution in [-0.2, 0) is 4.79 Å². The summed E-state index contributed by atoms with van der Waals surface area (Å²) in [6.07, 6.45) is -7.27. The molecule has 0 aromatic carbocycles. The number of carbonyl (C=O) groups is 1. The summed E-state index contributed by atoms with van der Waals surface area (Å²) in [5, 5.41) is 10.1. The topological polar surface area (TPSA) is 52.6 Å². The van der Waals surface area contributed by atoms with E-state index >= 15 is 0 Å². The van der Waals surface area contributed by atoms with Crippen LogP contribution in [0.3, 0.4) is 0 Å². The van der Waals surface area contributed by atoms with E-state index in [0.29, 0.717) is 0 Å². The van der Waals surface area contributed by atoms with E-state index in [0.717, 1.165) is 4.90 Å². The highest BCUT2D eigenvalue weighted by molar-refractivity contribution is 5.78. The van der Waals surface area contributed by atoms with Gasteiger partial charge < -0.3 is 10.4 Å². The van der Waals surface area contributed by atoms with Gasteiger partial charge in [-0.2, -0.15) is 13.2 Å². The molecule has 0 aliphatic heterocycles. The van der Waals surface area contributed by atoms with Crippen LogP contribution >= 0.6 is 0 Å². The van der Waals surface area contributed by atoms with Crippen molar-refractivity contribution >= 4 is 5.91 Å². The first-order chi connectivity index (χ1) is 7.74. The van der Waals surface area contributed by atoms with Crippen LogP contribution in [0.5, 0.6) is 0 Å². The summed E-state index contributed by atoms with van der Waals surface area (Å²) in [5.74, 6) is -1.02. The summed E-state index contributed by atoms with van der Waals surface area (Å²) in [6.45, 7) is -3.56. The number of halogens is 5. The minimum atomic E-state index is -4.54. The van der Waals surface area contributed by atoms with Gasteiger partial charge >= 0.3 is 6.18 Å². The van der Waals surface area contributed by atoms with Crippen LogP contribution in [0.4, 0.5) is 22.0 Å². The van der Waals surface area contributed by atoms with Gasteiger partial charge in [-0.05, 0) is 0 Å². The molecular weight excluding hydrogens is 251 g/mol. The lowest BCUT2D eigenvalue weighted by Crippen LogP contribution is -2.43. The van der Waals surface area contributed by atoms with E-state index in [1.807, 2.05) is 0 Å². The van der Waals surface area contributed by atoms with Crippen molar-refractivity contribution in [2.45, 2.75) is 12.6 Å². The SMILES string of the molecule is O=C(CN(CCO)CC(F)F)NCC(F)(F)F. The zero-order valence-electron chi connectivity index (χ0n) is 8.81. The number of hydrogen-bond donors (Lipinski definition) is 2. The monoisotopic (exact) mass is 264 g/mol. The molecule has 0 radical (unpaired) electrons. The maximum atomic E-state index is 12.0. The second-order valence-corrected chi connectivity index (χ2v) is 3.24. The summed E-state index contributed by atoms with van der Waals surface area (Å²) >= 11 is 0. The molecule has 9 heteroatoms. The van der Waals surface area contributed by atoms with Crippen molar-refractivity contribution < 1.29 is 31.9 Å². The maximum absolute atomic E-state index is 12.0. The summed E-state index contributed by atoms with van der Waals surface area (Å²) < 4.78 is 59.2. The zero-order valence-corrected chi connectivity index (χ0v) is 8.81. The van der Waals surface area contributed by atoms with Crippen LogP contribution in [-0.4, -0.2) is 61.3 Å². The molecule has 0 unspecified atom stereocenters. The van der Waals surface area contributed by atoms with E-state index in [1.54, 1.807) is 5.32 Å². The van der Waals surface area contributed by atoms with Crippen LogP contribution < -0.4 is 5.32 Å². The Morgan fingerprint density at radius 2 is 1.94 bits per heavy atom. The fourth-order valence-corrected chi connectivity index (χ4v) is 1.03. The molecule has 4 nitrogen and oxygen atoms in total. The Labute approximate surface area is 94.4 Å². The predicted octanol–water partition coefficient (Wildman–Crippen LogP) is 0.224. The van der Waals surface area contributed by atoms with E-state index in [2.05, 4.69) is 0 Å². The van der Waals surface area contributed by atoms with Gasteiger partial charge in [0.1, 0.15) is 6.54 Å². The third-order valence-electron chi connectivity index (χ3n) is 1.67. The van der Waals surface area contributed by atoms with Gasteiger partial charge in [-0.25, -0.2) is 8.78 Å². The summed E-state index contributed by atoms with van der Waals surface area (Å²) in [4.78, 5) is 11.8. The Balaban J connectivity index is 4.03. The lowest BCUT2D eigenvalue weighted by atomic mass is 10.4. The van der Waals surface area contributed by atoms with E-state index < -0.39 is 44.8 Å². The molecule has 0 heterocycles. The first-order valence-corrected chi connectivity index (χ1v) is 4.69. The smallest absolute Gasteiger partial charge is 0.395 e. The molecule has 0 aromatic rings. The molecule has 0 atom stereocenters. The van der Waals surface area contributed by atoms with E-state index in [1.165, 1.54) is 0 Å². The van der Waals surface area contributed by atoms with Gasteiger partial charge in [-0.3, -0.25) is 9.69 Å². The number of nitrogens with zero attached hydrogens (tertiary/aromatic N) is 1. The van der Waals surface area contributed by atoms with Gasteiger partial charge in [-0.1, -0.05) is 0 Å². The van der Waals surface area contributed by atoms with Gasteiger partial charge in [0, 0.05) is 6.54 Å². The van der Waals surface area contributed by atoms with Crippen LogP contribution in [0.25, 0.3) is 0 Å². The third-order valence-corrected chi connectivity index (χ3v) is 1.67. The van der Waals surface area contributed by atoms with Crippen LogP contribution in [0.15, 0.2) is 0 Å². The second kappa shape index (κ2) is 7.38. The first kappa shape index (κ1) is 16.0. The number of aliphatic hydroxyl groups excluding tert-OH is 1. The number of nitrogens with one attached hydrogen (secondary N) is 1. The molecule has 17 heavy (non-hydrogen) atoms. The molecule has 1 amide bonds. The van der Waals surface area contributed by atoms with E-state index in [9.17, 15) is 26.7 Å². The molecule has 102 valence electrons. The highest BCUT2D eigenvalue weighted by Crippen LogP contribution is 2.12. The zero-order chi connectivity index (χ0) is 13.5. The van der Waals surface area contributed by atoms with Gasteiger partial charge in [-0.15, -0.1) is 0 Å². The summed E-state index contributed by atoms with van der Waals surface area (Å²) in [5.41, 5.74) is 0.